The van der Waals surface area contributed by atoms with Crippen molar-refractivity contribution in [2.24, 2.45) is 27.7 Å². The highest BCUT2D eigenvalue weighted by atomic mass is 15.2. The zero-order valence-electron chi connectivity index (χ0n) is 37.3. The van der Waals surface area contributed by atoms with Crippen LogP contribution in [0, 0.1) is 17.8 Å². The van der Waals surface area contributed by atoms with E-state index in [0.717, 1.165) is 61.3 Å². The molecular formula is C61H53N5. The Balaban J connectivity index is 0.930. The van der Waals surface area contributed by atoms with Crippen molar-refractivity contribution in [1.82, 2.24) is 9.88 Å². The molecule has 5 nitrogen and oxygen atoms in total. The van der Waals surface area contributed by atoms with Crippen LogP contribution in [0.5, 0.6) is 0 Å². The maximum Gasteiger partial charge on any atom is 0.169 e. The summed E-state index contributed by atoms with van der Waals surface area (Å²) in [6.07, 6.45) is 35.8. The summed E-state index contributed by atoms with van der Waals surface area (Å²) >= 11 is 0. The average Bonchev–Trinajstić information content (AvgIpc) is 3.90. The van der Waals surface area contributed by atoms with Crippen LogP contribution >= 0.6 is 0 Å². The van der Waals surface area contributed by atoms with Crippen LogP contribution in [0.4, 0.5) is 5.69 Å². The van der Waals surface area contributed by atoms with Gasteiger partial charge in [0.2, 0.25) is 0 Å². The molecule has 5 aromatic carbocycles. The Hall–Kier alpha value is -6.98. The summed E-state index contributed by atoms with van der Waals surface area (Å²) in [6.45, 7) is 0. The van der Waals surface area contributed by atoms with Crippen molar-refractivity contribution in [3.05, 3.63) is 214 Å². The molecule has 322 valence electrons. The highest BCUT2D eigenvalue weighted by Crippen LogP contribution is 2.52. The third kappa shape index (κ3) is 5.91. The lowest BCUT2D eigenvalue weighted by molar-refractivity contribution is 0.332. The van der Waals surface area contributed by atoms with Gasteiger partial charge in [-0.05, 0) is 139 Å². The standard InChI is InChI=1S/C61H53N5/c1-2-17-38(18-3-1)59-62-60(64-61(63-59)50-36-41-21-6-7-22-42(41)43-23-8-9-24-44(43)50)49-33-34-54(46-26-11-10-25-45(46)49)66-56-32-16-31-55(58(56)51-35-39-19-4-5-20-40(39)37-57(51)66)65-52-29-14-12-27-47(52)48-28-13-15-30-53(48)65/h1-6,9-10,12-15,17-21,24-25,27-31,33-35,37,41-42,47,50,52,59H,7-8,11,16,22-23,26,32,36H2,(H,62,63,64). The Bertz CT molecular complexity index is 3310. The molecule has 1 N–H and O–H groups in total. The molecule has 2 aliphatic heterocycles. The van der Waals surface area contributed by atoms with Gasteiger partial charge >= 0.3 is 0 Å². The maximum absolute atomic E-state index is 5.52. The normalized spacial score (nSPS) is 25.6. The van der Waals surface area contributed by atoms with E-state index in [9.17, 15) is 0 Å². The summed E-state index contributed by atoms with van der Waals surface area (Å²) < 4.78 is 2.66. The van der Waals surface area contributed by atoms with E-state index in [0.29, 0.717) is 17.8 Å². The van der Waals surface area contributed by atoms with Gasteiger partial charge in [-0.1, -0.05) is 145 Å². The zero-order chi connectivity index (χ0) is 43.3. The first kappa shape index (κ1) is 38.3. The minimum absolute atomic E-state index is 0.204. The number of nitrogens with zero attached hydrogens (tertiary/aromatic N) is 4. The van der Waals surface area contributed by atoms with Crippen molar-refractivity contribution in [3.8, 4) is 5.69 Å². The van der Waals surface area contributed by atoms with Crippen LogP contribution in [-0.2, 0) is 12.8 Å². The van der Waals surface area contributed by atoms with E-state index in [1.807, 2.05) is 0 Å². The molecule has 0 saturated carbocycles. The van der Waals surface area contributed by atoms with Gasteiger partial charge in [0, 0.05) is 51.1 Å². The maximum atomic E-state index is 5.52. The predicted molar refractivity (Wildman–Crippen MR) is 273 cm³/mol. The quantitative estimate of drug-likeness (QED) is 0.176. The first-order chi connectivity index (χ1) is 32.7. The average molecular weight is 856 g/mol. The van der Waals surface area contributed by atoms with Crippen molar-refractivity contribution in [1.29, 1.82) is 0 Å². The fourth-order valence-electron chi connectivity index (χ4n) is 13.2. The highest BCUT2D eigenvalue weighted by molar-refractivity contribution is 6.14. The van der Waals surface area contributed by atoms with E-state index in [1.54, 1.807) is 5.57 Å². The molecule has 5 heteroatoms. The first-order valence-corrected chi connectivity index (χ1v) is 24.6. The molecular weight excluding hydrogens is 803 g/mol. The molecule has 0 bridgehead atoms. The van der Waals surface area contributed by atoms with Gasteiger partial charge in [-0.25, -0.2) is 9.98 Å². The van der Waals surface area contributed by atoms with Crippen molar-refractivity contribution in [2.75, 3.05) is 4.90 Å². The topological polar surface area (TPSA) is 44.9 Å². The van der Waals surface area contributed by atoms with Gasteiger partial charge in [0.25, 0.3) is 0 Å². The van der Waals surface area contributed by atoms with E-state index < -0.39 is 0 Å². The van der Waals surface area contributed by atoms with Crippen molar-refractivity contribution >= 4 is 50.8 Å². The molecule has 3 heterocycles. The molecule has 0 fully saturated rings. The number of hydrogen-bond donors (Lipinski definition) is 1. The molecule has 0 amide bonds. The monoisotopic (exact) mass is 855 g/mol. The molecule has 1 aromatic heterocycles. The van der Waals surface area contributed by atoms with E-state index in [1.165, 1.54) is 91.5 Å². The lowest BCUT2D eigenvalue weighted by atomic mass is 9.64. The van der Waals surface area contributed by atoms with E-state index >= 15 is 0 Å². The third-order valence-corrected chi connectivity index (χ3v) is 16.1. The van der Waals surface area contributed by atoms with E-state index in [4.69, 9.17) is 9.98 Å². The Morgan fingerprint density at radius 3 is 2.45 bits per heavy atom. The van der Waals surface area contributed by atoms with Gasteiger partial charge in [0.1, 0.15) is 11.7 Å². The molecule has 0 saturated heterocycles. The van der Waals surface area contributed by atoms with Gasteiger partial charge < -0.3 is 14.8 Å². The van der Waals surface area contributed by atoms with Crippen molar-refractivity contribution in [3.63, 3.8) is 0 Å². The number of hydrogen-bond acceptors (Lipinski definition) is 4. The molecule has 6 atom stereocenters. The van der Waals surface area contributed by atoms with Gasteiger partial charge in [-0.15, -0.1) is 0 Å². The Morgan fingerprint density at radius 2 is 1.52 bits per heavy atom. The molecule has 8 aliphatic rings. The van der Waals surface area contributed by atoms with E-state index in [2.05, 4.69) is 185 Å². The number of aliphatic imine (C=N–C) groups is 2. The third-order valence-electron chi connectivity index (χ3n) is 16.1. The van der Waals surface area contributed by atoms with Gasteiger partial charge in [0.05, 0.1) is 11.6 Å². The van der Waals surface area contributed by atoms with Crippen LogP contribution < -0.4 is 10.2 Å². The van der Waals surface area contributed by atoms with Gasteiger partial charge in [-0.2, -0.15) is 0 Å². The molecule has 0 radical (unpaired) electrons. The lowest BCUT2D eigenvalue weighted by Gasteiger charge is -2.42. The molecule has 66 heavy (non-hydrogen) atoms. The molecule has 6 unspecified atom stereocenters. The largest absolute Gasteiger partial charge is 0.333 e. The number of aromatic nitrogens is 1. The van der Waals surface area contributed by atoms with Crippen LogP contribution in [0.15, 0.2) is 185 Å². The van der Waals surface area contributed by atoms with Crippen LogP contribution in [-0.4, -0.2) is 22.3 Å². The summed E-state index contributed by atoms with van der Waals surface area (Å²) in [4.78, 5) is 13.7. The minimum atomic E-state index is -0.319. The Labute approximate surface area is 387 Å². The summed E-state index contributed by atoms with van der Waals surface area (Å²) in [7, 11) is 0. The second kappa shape index (κ2) is 15.3. The number of anilines is 1. The van der Waals surface area contributed by atoms with Crippen LogP contribution in [0.2, 0.25) is 0 Å². The Kier molecular flexibility index (Phi) is 8.88. The number of para-hydroxylation sites is 1. The molecule has 14 rings (SSSR count). The number of amidine groups is 2. The van der Waals surface area contributed by atoms with Crippen LogP contribution in [0.1, 0.15) is 96.1 Å². The van der Waals surface area contributed by atoms with E-state index in [-0.39, 0.29) is 18.1 Å². The zero-order valence-corrected chi connectivity index (χ0v) is 37.3. The number of allylic oxidation sites excluding steroid dienone is 9. The lowest BCUT2D eigenvalue weighted by Crippen LogP contribution is -2.44. The van der Waals surface area contributed by atoms with Gasteiger partial charge in [-0.3, -0.25) is 0 Å². The first-order valence-electron chi connectivity index (χ1n) is 24.6. The number of nitrogens with one attached hydrogen (secondary N) is 1. The predicted octanol–water partition coefficient (Wildman–Crippen LogP) is 13.8. The number of fused-ring (bicyclic) bond motifs is 10. The SMILES string of the molecule is C1=CC2c3ccccc3N(C3=CCCc4c3c3cc5ccccc5cc3n4-c3ccc(C4=NC(c5ccccc5)N=C(C5CC6C=CCCC6C6=C5C=CCC6)N4)c4c3CCC=C4)C2C=C1. The van der Waals surface area contributed by atoms with Crippen molar-refractivity contribution in [2.45, 2.75) is 75.9 Å². The summed E-state index contributed by atoms with van der Waals surface area (Å²) in [5, 5.41) is 7.86. The second-order valence-electron chi connectivity index (χ2n) is 19.6. The highest BCUT2D eigenvalue weighted by Gasteiger charge is 2.42. The summed E-state index contributed by atoms with van der Waals surface area (Å²) in [6, 6.07) is 38.7. The van der Waals surface area contributed by atoms with Crippen LogP contribution in [0.3, 0.4) is 0 Å². The van der Waals surface area contributed by atoms with Crippen molar-refractivity contribution < 1.29 is 0 Å². The second-order valence-corrected chi connectivity index (χ2v) is 19.6. The smallest absolute Gasteiger partial charge is 0.169 e. The Morgan fingerprint density at radius 1 is 0.682 bits per heavy atom. The molecule has 0 spiro atoms. The minimum Gasteiger partial charge on any atom is -0.333 e. The van der Waals surface area contributed by atoms with Gasteiger partial charge in [0.15, 0.2) is 6.17 Å². The molecule has 6 aliphatic carbocycles. The molecule has 6 aromatic rings. The number of benzene rings is 5. The summed E-state index contributed by atoms with van der Waals surface area (Å²) in [5.41, 5.74) is 17.5. The fraction of sp³-hybridized carbons (Fsp3) is 0.246. The summed E-state index contributed by atoms with van der Waals surface area (Å²) in [5.74, 6) is 3.74. The fourth-order valence-corrected chi connectivity index (χ4v) is 13.2. The van der Waals surface area contributed by atoms with Crippen LogP contribution in [0.25, 0.3) is 39.1 Å². The number of rotatable bonds is 5.